The number of carbonyl (C=O) groups is 1. The number of fused-ring (bicyclic) bond motifs is 1. The predicted octanol–water partition coefficient (Wildman–Crippen LogP) is 7.25. The van der Waals surface area contributed by atoms with Crippen molar-refractivity contribution < 1.29 is 4.79 Å². The molecule has 0 spiro atoms. The Labute approximate surface area is 189 Å². The van der Waals surface area contributed by atoms with Crippen molar-refractivity contribution in [2.24, 2.45) is 0 Å². The van der Waals surface area contributed by atoms with E-state index in [0.29, 0.717) is 0 Å². The molecule has 4 aromatic carbocycles. The van der Waals surface area contributed by atoms with E-state index >= 15 is 0 Å². The molecule has 0 bridgehead atoms. The first-order chi connectivity index (χ1) is 15.5. The van der Waals surface area contributed by atoms with Crippen LogP contribution in [-0.2, 0) is 4.79 Å². The molecule has 156 valence electrons. The molecule has 0 fully saturated rings. The zero-order valence-electron chi connectivity index (χ0n) is 18.6. The van der Waals surface area contributed by atoms with Gasteiger partial charge < -0.3 is 0 Å². The van der Waals surface area contributed by atoms with Crippen LogP contribution in [0.2, 0.25) is 0 Å². The number of hydrogen-bond acceptors (Lipinski definition) is 1. The zero-order chi connectivity index (χ0) is 22.2. The lowest BCUT2D eigenvalue weighted by Crippen LogP contribution is -2.21. The molecular formula is C30H25NO. The van der Waals surface area contributed by atoms with Crippen molar-refractivity contribution in [1.82, 2.24) is 0 Å². The standard InChI is InChI=1S/C30H25NO/c1-20-9-7-13-24(17-20)28(23-11-5-4-6-12-23)29-26-16-15-22(3)19-27(26)31(30(29)32)25-14-8-10-21(2)18-25/h4-19H,1-3H3/b29-28+. The number of benzene rings is 4. The first kappa shape index (κ1) is 20.0. The average molecular weight is 416 g/mol. The molecule has 0 saturated heterocycles. The molecule has 1 heterocycles. The molecule has 2 heteroatoms. The Morgan fingerprint density at radius 3 is 2.00 bits per heavy atom. The minimum atomic E-state index is 0.0107. The van der Waals surface area contributed by atoms with Crippen molar-refractivity contribution >= 4 is 28.4 Å². The fourth-order valence-corrected chi connectivity index (χ4v) is 4.50. The molecule has 0 atom stereocenters. The van der Waals surface area contributed by atoms with E-state index in [-0.39, 0.29) is 5.91 Å². The van der Waals surface area contributed by atoms with Gasteiger partial charge in [0.2, 0.25) is 0 Å². The largest absolute Gasteiger partial charge is 0.276 e. The summed E-state index contributed by atoms with van der Waals surface area (Å²) in [5.41, 5.74) is 10.1. The minimum Gasteiger partial charge on any atom is -0.276 e. The van der Waals surface area contributed by atoms with Crippen LogP contribution in [0, 0.1) is 20.8 Å². The maximum Gasteiger partial charge on any atom is 0.264 e. The normalized spacial score (nSPS) is 14.5. The summed E-state index contributed by atoms with van der Waals surface area (Å²) in [7, 11) is 0. The zero-order valence-corrected chi connectivity index (χ0v) is 18.6. The van der Waals surface area contributed by atoms with E-state index in [2.05, 4.69) is 87.5 Å². The van der Waals surface area contributed by atoms with Crippen LogP contribution in [0.3, 0.4) is 0 Å². The highest BCUT2D eigenvalue weighted by Crippen LogP contribution is 2.46. The summed E-state index contributed by atoms with van der Waals surface area (Å²) in [6.45, 7) is 6.21. The number of hydrogen-bond donors (Lipinski definition) is 0. The molecule has 0 aliphatic carbocycles. The molecule has 5 rings (SSSR count). The van der Waals surface area contributed by atoms with E-state index in [1.807, 2.05) is 35.2 Å². The van der Waals surface area contributed by atoms with Gasteiger partial charge in [-0.15, -0.1) is 0 Å². The summed E-state index contributed by atoms with van der Waals surface area (Å²) < 4.78 is 0. The Balaban J connectivity index is 1.84. The van der Waals surface area contributed by atoms with Gasteiger partial charge in [-0.2, -0.15) is 0 Å². The van der Waals surface area contributed by atoms with Crippen LogP contribution in [0.4, 0.5) is 11.4 Å². The average Bonchev–Trinajstić information content (AvgIpc) is 3.06. The van der Waals surface area contributed by atoms with E-state index in [0.717, 1.165) is 50.3 Å². The Kier molecular flexibility index (Phi) is 4.99. The molecular weight excluding hydrogens is 390 g/mol. The number of carbonyl (C=O) groups excluding carboxylic acids is 1. The Hall–Kier alpha value is -3.91. The third kappa shape index (κ3) is 3.44. The van der Waals surface area contributed by atoms with Crippen LogP contribution in [0.1, 0.15) is 33.4 Å². The Morgan fingerprint density at radius 1 is 0.625 bits per heavy atom. The number of nitrogens with zero attached hydrogens (tertiary/aromatic N) is 1. The van der Waals surface area contributed by atoms with E-state index in [1.54, 1.807) is 0 Å². The predicted molar refractivity (Wildman–Crippen MR) is 133 cm³/mol. The SMILES string of the molecule is Cc1cccc(/C(=C2/C(=O)N(c3cccc(C)c3)c3cc(C)ccc32)c2ccccc2)c1. The van der Waals surface area contributed by atoms with Crippen molar-refractivity contribution in [3.05, 3.63) is 130 Å². The fourth-order valence-electron chi connectivity index (χ4n) is 4.50. The molecule has 0 radical (unpaired) electrons. The Bertz CT molecular complexity index is 1360. The van der Waals surface area contributed by atoms with Crippen molar-refractivity contribution in [2.45, 2.75) is 20.8 Å². The Morgan fingerprint density at radius 2 is 1.28 bits per heavy atom. The first-order valence-corrected chi connectivity index (χ1v) is 10.9. The van der Waals surface area contributed by atoms with Gasteiger partial charge in [-0.25, -0.2) is 0 Å². The van der Waals surface area contributed by atoms with Crippen molar-refractivity contribution in [2.75, 3.05) is 4.90 Å². The van der Waals surface area contributed by atoms with Crippen LogP contribution in [0.15, 0.2) is 97.1 Å². The van der Waals surface area contributed by atoms with Crippen LogP contribution < -0.4 is 4.90 Å². The molecule has 1 aliphatic rings. The van der Waals surface area contributed by atoms with E-state index in [9.17, 15) is 4.79 Å². The molecule has 0 aromatic heterocycles. The van der Waals surface area contributed by atoms with Gasteiger partial charge >= 0.3 is 0 Å². The highest BCUT2D eigenvalue weighted by Gasteiger charge is 2.36. The summed E-state index contributed by atoms with van der Waals surface area (Å²) in [5.74, 6) is 0.0107. The second-order valence-corrected chi connectivity index (χ2v) is 8.49. The number of rotatable bonds is 3. The van der Waals surface area contributed by atoms with Crippen molar-refractivity contribution in [1.29, 1.82) is 0 Å². The van der Waals surface area contributed by atoms with Crippen LogP contribution in [0.25, 0.3) is 11.1 Å². The van der Waals surface area contributed by atoms with Gasteiger partial charge in [0.25, 0.3) is 5.91 Å². The number of aryl methyl sites for hydroxylation is 3. The molecule has 4 aromatic rings. The van der Waals surface area contributed by atoms with E-state index in [4.69, 9.17) is 0 Å². The van der Waals surface area contributed by atoms with Gasteiger partial charge in [0, 0.05) is 16.8 Å². The summed E-state index contributed by atoms with van der Waals surface area (Å²) in [6, 6.07) is 33.1. The number of amides is 1. The minimum absolute atomic E-state index is 0.0107. The lowest BCUT2D eigenvalue weighted by Gasteiger charge is -2.18. The van der Waals surface area contributed by atoms with Gasteiger partial charge in [-0.3, -0.25) is 9.69 Å². The third-order valence-electron chi connectivity index (χ3n) is 5.96. The van der Waals surface area contributed by atoms with Crippen LogP contribution >= 0.6 is 0 Å². The second-order valence-electron chi connectivity index (χ2n) is 8.49. The molecule has 0 saturated carbocycles. The van der Waals surface area contributed by atoms with Gasteiger partial charge in [-0.05, 0) is 61.2 Å². The topological polar surface area (TPSA) is 20.3 Å². The summed E-state index contributed by atoms with van der Waals surface area (Å²) in [6.07, 6.45) is 0. The molecule has 0 unspecified atom stereocenters. The lowest BCUT2D eigenvalue weighted by molar-refractivity contribution is -0.112. The highest BCUT2D eigenvalue weighted by molar-refractivity contribution is 6.40. The summed E-state index contributed by atoms with van der Waals surface area (Å²) in [4.78, 5) is 16.0. The molecule has 1 aliphatic heterocycles. The fraction of sp³-hybridized carbons (Fsp3) is 0.100. The monoisotopic (exact) mass is 415 g/mol. The van der Waals surface area contributed by atoms with Crippen molar-refractivity contribution in [3.8, 4) is 0 Å². The molecule has 2 nitrogen and oxygen atoms in total. The molecule has 1 amide bonds. The van der Waals surface area contributed by atoms with Gasteiger partial charge in [0.15, 0.2) is 0 Å². The van der Waals surface area contributed by atoms with E-state index in [1.165, 1.54) is 5.56 Å². The number of anilines is 2. The first-order valence-electron chi connectivity index (χ1n) is 10.9. The quantitative estimate of drug-likeness (QED) is 0.323. The maximum absolute atomic E-state index is 14.1. The van der Waals surface area contributed by atoms with Gasteiger partial charge in [0.05, 0.1) is 11.3 Å². The second kappa shape index (κ2) is 7.97. The van der Waals surface area contributed by atoms with Crippen LogP contribution in [0.5, 0.6) is 0 Å². The summed E-state index contributed by atoms with van der Waals surface area (Å²) in [5, 5.41) is 0. The molecule has 32 heavy (non-hydrogen) atoms. The van der Waals surface area contributed by atoms with E-state index < -0.39 is 0 Å². The van der Waals surface area contributed by atoms with Crippen molar-refractivity contribution in [3.63, 3.8) is 0 Å². The summed E-state index contributed by atoms with van der Waals surface area (Å²) >= 11 is 0. The van der Waals surface area contributed by atoms with Gasteiger partial charge in [0.1, 0.15) is 0 Å². The maximum atomic E-state index is 14.1. The highest BCUT2D eigenvalue weighted by atomic mass is 16.2. The third-order valence-corrected chi connectivity index (χ3v) is 5.96. The lowest BCUT2D eigenvalue weighted by atomic mass is 9.89. The van der Waals surface area contributed by atoms with Crippen LogP contribution in [-0.4, -0.2) is 5.91 Å². The smallest absolute Gasteiger partial charge is 0.264 e. The molecule has 0 N–H and O–H groups in total. The van der Waals surface area contributed by atoms with Gasteiger partial charge in [-0.1, -0.05) is 84.4 Å².